The highest BCUT2D eigenvalue weighted by Gasteiger charge is 2.38. The average molecular weight is 277 g/mol. The van der Waals surface area contributed by atoms with Crippen molar-refractivity contribution in [2.75, 3.05) is 39.9 Å². The number of ether oxygens (including phenoxy) is 1. The van der Waals surface area contributed by atoms with Gasteiger partial charge in [-0.3, -0.25) is 4.79 Å². The lowest BCUT2D eigenvalue weighted by Gasteiger charge is -2.32. The van der Waals surface area contributed by atoms with Crippen molar-refractivity contribution >= 4 is 18.3 Å². The maximum Gasteiger partial charge on any atom is 0.229 e. The molecule has 0 radical (unpaired) electrons. The van der Waals surface area contributed by atoms with E-state index in [1.54, 1.807) is 0 Å². The Balaban J connectivity index is 0.00000162. The van der Waals surface area contributed by atoms with Gasteiger partial charge in [0.15, 0.2) is 0 Å². The van der Waals surface area contributed by atoms with Crippen LogP contribution in [-0.4, -0.2) is 50.7 Å². The number of rotatable bonds is 3. The van der Waals surface area contributed by atoms with E-state index in [0.717, 1.165) is 45.7 Å². The molecule has 0 saturated carbocycles. The summed E-state index contributed by atoms with van der Waals surface area (Å²) in [5.41, 5.74) is -0.190. The lowest BCUT2D eigenvalue weighted by molar-refractivity contribution is -0.140. The zero-order chi connectivity index (χ0) is 12.3. The Labute approximate surface area is 116 Å². The largest absolute Gasteiger partial charge is 0.381 e. The van der Waals surface area contributed by atoms with Gasteiger partial charge in [0.25, 0.3) is 0 Å². The summed E-state index contributed by atoms with van der Waals surface area (Å²) in [6, 6.07) is 0. The van der Waals surface area contributed by atoms with Gasteiger partial charge in [0, 0.05) is 26.7 Å². The molecule has 0 aromatic heterocycles. The number of carbonyl (C=O) groups is 1. The molecule has 106 valence electrons. The lowest BCUT2D eigenvalue weighted by atomic mass is 9.87. The SMILES string of the molecule is CN(CC1CCCOC1)C(=O)C1(C)CCNC1.Cl. The Morgan fingerprint density at radius 2 is 2.33 bits per heavy atom. The van der Waals surface area contributed by atoms with Crippen LogP contribution in [0, 0.1) is 11.3 Å². The number of nitrogens with zero attached hydrogens (tertiary/aromatic N) is 1. The number of halogens is 1. The van der Waals surface area contributed by atoms with Crippen LogP contribution in [0.3, 0.4) is 0 Å². The fraction of sp³-hybridized carbons (Fsp3) is 0.923. The Kier molecular flexibility index (Phi) is 5.89. The number of nitrogens with one attached hydrogen (secondary N) is 1. The van der Waals surface area contributed by atoms with Crippen molar-refractivity contribution in [2.45, 2.75) is 26.2 Å². The van der Waals surface area contributed by atoms with Crippen LogP contribution in [0.15, 0.2) is 0 Å². The van der Waals surface area contributed by atoms with Crippen LogP contribution >= 0.6 is 12.4 Å². The molecular formula is C13H25ClN2O2. The summed E-state index contributed by atoms with van der Waals surface area (Å²) < 4.78 is 5.46. The maximum atomic E-state index is 12.4. The van der Waals surface area contributed by atoms with E-state index >= 15 is 0 Å². The monoisotopic (exact) mass is 276 g/mol. The smallest absolute Gasteiger partial charge is 0.229 e. The second-order valence-electron chi connectivity index (χ2n) is 5.76. The van der Waals surface area contributed by atoms with Gasteiger partial charge in [-0.25, -0.2) is 0 Å². The van der Waals surface area contributed by atoms with Crippen LogP contribution in [0.2, 0.25) is 0 Å². The molecule has 18 heavy (non-hydrogen) atoms. The summed E-state index contributed by atoms with van der Waals surface area (Å²) in [6.45, 7) is 6.39. The second kappa shape index (κ2) is 6.73. The first-order valence-electron chi connectivity index (χ1n) is 6.66. The molecule has 4 nitrogen and oxygen atoms in total. The van der Waals surface area contributed by atoms with Gasteiger partial charge in [-0.15, -0.1) is 12.4 Å². The first-order chi connectivity index (χ1) is 8.12. The van der Waals surface area contributed by atoms with Crippen molar-refractivity contribution in [3.05, 3.63) is 0 Å². The molecule has 2 aliphatic rings. The fourth-order valence-corrected chi connectivity index (χ4v) is 2.88. The quantitative estimate of drug-likeness (QED) is 0.845. The third-order valence-electron chi connectivity index (χ3n) is 4.02. The van der Waals surface area contributed by atoms with E-state index in [2.05, 4.69) is 12.2 Å². The molecule has 0 aromatic carbocycles. The highest BCUT2D eigenvalue weighted by molar-refractivity contribution is 5.85. The Bertz CT molecular complexity index is 274. The molecule has 2 heterocycles. The summed E-state index contributed by atoms with van der Waals surface area (Å²) in [5.74, 6) is 0.809. The molecule has 1 N–H and O–H groups in total. The van der Waals surface area contributed by atoms with Gasteiger partial charge in [-0.05, 0) is 38.6 Å². The van der Waals surface area contributed by atoms with Crippen LogP contribution in [0.25, 0.3) is 0 Å². The average Bonchev–Trinajstić information content (AvgIpc) is 2.78. The number of hydrogen-bond donors (Lipinski definition) is 1. The second-order valence-corrected chi connectivity index (χ2v) is 5.76. The van der Waals surface area contributed by atoms with Gasteiger partial charge in [-0.1, -0.05) is 0 Å². The van der Waals surface area contributed by atoms with Crippen LogP contribution in [0.4, 0.5) is 0 Å². The predicted molar refractivity (Wildman–Crippen MR) is 74.0 cm³/mol. The number of hydrogen-bond acceptors (Lipinski definition) is 3. The zero-order valence-corrected chi connectivity index (χ0v) is 12.2. The summed E-state index contributed by atoms with van der Waals surface area (Å²) in [4.78, 5) is 14.3. The van der Waals surface area contributed by atoms with Crippen molar-refractivity contribution in [1.29, 1.82) is 0 Å². The Morgan fingerprint density at radius 1 is 1.56 bits per heavy atom. The molecule has 2 atom stereocenters. The van der Waals surface area contributed by atoms with E-state index < -0.39 is 0 Å². The van der Waals surface area contributed by atoms with E-state index in [9.17, 15) is 4.79 Å². The summed E-state index contributed by atoms with van der Waals surface area (Å²) in [7, 11) is 1.93. The molecule has 2 fully saturated rings. The van der Waals surface area contributed by atoms with Gasteiger partial charge in [0.05, 0.1) is 12.0 Å². The molecule has 2 unspecified atom stereocenters. The Hall–Kier alpha value is -0.320. The zero-order valence-electron chi connectivity index (χ0n) is 11.4. The van der Waals surface area contributed by atoms with Gasteiger partial charge in [0.1, 0.15) is 0 Å². The van der Waals surface area contributed by atoms with E-state index in [-0.39, 0.29) is 23.7 Å². The first-order valence-corrected chi connectivity index (χ1v) is 6.66. The topological polar surface area (TPSA) is 41.6 Å². The van der Waals surface area contributed by atoms with Crippen LogP contribution in [-0.2, 0) is 9.53 Å². The van der Waals surface area contributed by atoms with Crippen molar-refractivity contribution in [3.63, 3.8) is 0 Å². The predicted octanol–water partition coefficient (Wildman–Crippen LogP) is 1.29. The van der Waals surface area contributed by atoms with Crippen LogP contribution in [0.5, 0.6) is 0 Å². The first kappa shape index (κ1) is 15.7. The minimum Gasteiger partial charge on any atom is -0.381 e. The van der Waals surface area contributed by atoms with Crippen molar-refractivity contribution in [3.8, 4) is 0 Å². The Morgan fingerprint density at radius 3 is 2.89 bits per heavy atom. The van der Waals surface area contributed by atoms with Gasteiger partial charge < -0.3 is 15.0 Å². The van der Waals surface area contributed by atoms with E-state index in [0.29, 0.717) is 5.92 Å². The minimum absolute atomic E-state index is 0. The summed E-state index contributed by atoms with van der Waals surface area (Å²) in [6.07, 6.45) is 3.27. The number of amides is 1. The lowest BCUT2D eigenvalue weighted by Crippen LogP contribution is -2.44. The van der Waals surface area contributed by atoms with E-state index in [1.807, 2.05) is 11.9 Å². The van der Waals surface area contributed by atoms with E-state index in [1.165, 1.54) is 6.42 Å². The third-order valence-corrected chi connectivity index (χ3v) is 4.02. The van der Waals surface area contributed by atoms with Gasteiger partial charge >= 0.3 is 0 Å². The van der Waals surface area contributed by atoms with Gasteiger partial charge in [-0.2, -0.15) is 0 Å². The molecule has 2 aliphatic heterocycles. The van der Waals surface area contributed by atoms with Crippen molar-refractivity contribution in [2.24, 2.45) is 11.3 Å². The standard InChI is InChI=1S/C13H24N2O2.ClH/c1-13(5-6-14-10-13)12(16)15(2)8-11-4-3-7-17-9-11;/h11,14H,3-10H2,1-2H3;1H. The summed E-state index contributed by atoms with van der Waals surface area (Å²) in [5, 5.41) is 3.28. The third kappa shape index (κ3) is 3.59. The molecule has 0 aliphatic carbocycles. The molecule has 2 rings (SSSR count). The van der Waals surface area contributed by atoms with Crippen molar-refractivity contribution < 1.29 is 9.53 Å². The number of carbonyl (C=O) groups excluding carboxylic acids is 1. The van der Waals surface area contributed by atoms with E-state index in [4.69, 9.17) is 4.74 Å². The van der Waals surface area contributed by atoms with Crippen LogP contribution < -0.4 is 5.32 Å². The fourth-order valence-electron chi connectivity index (χ4n) is 2.88. The normalized spacial score (nSPS) is 31.8. The molecule has 0 aromatic rings. The molecule has 1 amide bonds. The minimum atomic E-state index is -0.190. The highest BCUT2D eigenvalue weighted by Crippen LogP contribution is 2.27. The molecule has 2 saturated heterocycles. The molecular weight excluding hydrogens is 252 g/mol. The van der Waals surface area contributed by atoms with Crippen LogP contribution in [0.1, 0.15) is 26.2 Å². The van der Waals surface area contributed by atoms with Gasteiger partial charge in [0.2, 0.25) is 5.91 Å². The molecule has 0 spiro atoms. The maximum absolute atomic E-state index is 12.4. The summed E-state index contributed by atoms with van der Waals surface area (Å²) >= 11 is 0. The molecule has 0 bridgehead atoms. The van der Waals surface area contributed by atoms with Crippen molar-refractivity contribution in [1.82, 2.24) is 10.2 Å². The highest BCUT2D eigenvalue weighted by atomic mass is 35.5. The molecule has 5 heteroatoms.